The van der Waals surface area contributed by atoms with Gasteiger partial charge in [0.1, 0.15) is 22.8 Å². The number of rotatable bonds is 8. The Morgan fingerprint density at radius 1 is 1.16 bits per heavy atom. The molecule has 7 nitrogen and oxygen atoms in total. The number of nitrogens with zero attached hydrogens (tertiary/aromatic N) is 1. The Morgan fingerprint density at radius 2 is 2.00 bits per heavy atom. The van der Waals surface area contributed by atoms with Gasteiger partial charge in [-0.3, -0.25) is 10.1 Å². The van der Waals surface area contributed by atoms with E-state index in [1.807, 2.05) is 54.8 Å². The van der Waals surface area contributed by atoms with Crippen LogP contribution in [-0.2, 0) is 4.79 Å². The third kappa shape index (κ3) is 4.70. The van der Waals surface area contributed by atoms with Crippen molar-refractivity contribution in [1.29, 1.82) is 0 Å². The van der Waals surface area contributed by atoms with Crippen LogP contribution in [0.4, 0.5) is 5.13 Å². The number of methoxy groups -OCH3 is 2. The molecular weight excluding hydrogens is 414 g/mol. The molecule has 2 heterocycles. The number of hydrogen-bond donors (Lipinski definition) is 2. The first-order valence-corrected chi connectivity index (χ1v) is 10.6. The molecule has 2 aromatic heterocycles. The van der Waals surface area contributed by atoms with Crippen molar-refractivity contribution in [2.75, 3.05) is 26.1 Å². The lowest BCUT2D eigenvalue weighted by Crippen LogP contribution is -2.29. The number of fused-ring (bicyclic) bond motifs is 1. The van der Waals surface area contributed by atoms with Crippen LogP contribution in [0.3, 0.4) is 0 Å². The van der Waals surface area contributed by atoms with Crippen LogP contribution < -0.4 is 20.1 Å². The summed E-state index contributed by atoms with van der Waals surface area (Å²) < 4.78 is 16.5. The molecule has 0 aliphatic rings. The monoisotopic (exact) mass is 437 g/mol. The van der Waals surface area contributed by atoms with Gasteiger partial charge < -0.3 is 19.2 Å². The first-order valence-electron chi connectivity index (χ1n) is 9.77. The van der Waals surface area contributed by atoms with Gasteiger partial charge >= 0.3 is 0 Å². The molecule has 0 aliphatic carbocycles. The van der Waals surface area contributed by atoms with Crippen molar-refractivity contribution in [3.05, 3.63) is 59.7 Å². The molecule has 1 amide bonds. The second-order valence-corrected chi connectivity index (χ2v) is 7.80. The van der Waals surface area contributed by atoms with E-state index in [0.717, 1.165) is 28.0 Å². The molecule has 0 saturated heterocycles. The minimum atomic E-state index is -0.175. The van der Waals surface area contributed by atoms with Crippen LogP contribution in [-0.4, -0.2) is 31.7 Å². The number of carbonyl (C=O) groups excluding carboxylic acids is 1. The van der Waals surface area contributed by atoms with Gasteiger partial charge in [0.05, 0.1) is 32.5 Å². The van der Waals surface area contributed by atoms with Gasteiger partial charge in [-0.05, 0) is 31.2 Å². The van der Waals surface area contributed by atoms with Gasteiger partial charge in [-0.25, -0.2) is 4.98 Å². The Morgan fingerprint density at radius 3 is 2.77 bits per heavy atom. The maximum atomic E-state index is 12.4. The smallest absolute Gasteiger partial charge is 0.240 e. The van der Waals surface area contributed by atoms with Crippen molar-refractivity contribution in [1.82, 2.24) is 10.3 Å². The molecule has 0 saturated carbocycles. The molecule has 160 valence electrons. The van der Waals surface area contributed by atoms with Crippen molar-refractivity contribution in [3.63, 3.8) is 0 Å². The molecule has 2 aromatic carbocycles. The second-order valence-electron chi connectivity index (χ2n) is 6.94. The van der Waals surface area contributed by atoms with Gasteiger partial charge in [-0.15, -0.1) is 11.3 Å². The summed E-state index contributed by atoms with van der Waals surface area (Å²) in [5, 5.41) is 9.47. The topological polar surface area (TPSA) is 85.6 Å². The lowest BCUT2D eigenvalue weighted by molar-refractivity contribution is -0.115. The van der Waals surface area contributed by atoms with Gasteiger partial charge in [0.2, 0.25) is 5.91 Å². The van der Waals surface area contributed by atoms with Gasteiger partial charge in [0.15, 0.2) is 5.13 Å². The zero-order valence-corrected chi connectivity index (χ0v) is 18.3. The minimum Gasteiger partial charge on any atom is -0.497 e. The summed E-state index contributed by atoms with van der Waals surface area (Å²) in [4.78, 5) is 16.9. The Balaban J connectivity index is 1.37. The van der Waals surface area contributed by atoms with E-state index in [2.05, 4.69) is 15.6 Å². The van der Waals surface area contributed by atoms with Crippen molar-refractivity contribution < 1.29 is 18.7 Å². The highest BCUT2D eigenvalue weighted by atomic mass is 32.1. The van der Waals surface area contributed by atoms with Crippen LogP contribution in [0.1, 0.15) is 18.7 Å². The number of para-hydroxylation sites is 1. The number of furan rings is 1. The quantitative estimate of drug-likeness (QED) is 0.409. The third-order valence-electron chi connectivity index (χ3n) is 4.88. The van der Waals surface area contributed by atoms with E-state index in [1.54, 1.807) is 20.3 Å². The van der Waals surface area contributed by atoms with Crippen molar-refractivity contribution >= 4 is 33.3 Å². The van der Waals surface area contributed by atoms with Crippen LogP contribution in [0.15, 0.2) is 58.3 Å². The summed E-state index contributed by atoms with van der Waals surface area (Å²) in [7, 11) is 3.20. The highest BCUT2D eigenvalue weighted by Crippen LogP contribution is 2.34. The SMILES string of the molecule is COc1ccc(-c2csc(NC(=O)CNC(C)c3cc4ccccc4o3)n2)c(OC)c1. The standard InChI is InChI=1S/C23H23N3O4S/c1-14(20-10-15-6-4-5-7-19(15)30-20)24-12-22(27)26-23-25-18(13-31-23)17-9-8-16(28-2)11-21(17)29-3/h4-11,13-14,24H,12H2,1-3H3,(H,25,26,27). The third-order valence-corrected chi connectivity index (χ3v) is 5.63. The zero-order chi connectivity index (χ0) is 21.8. The zero-order valence-electron chi connectivity index (χ0n) is 17.5. The van der Waals surface area contributed by atoms with Crippen LogP contribution in [0.2, 0.25) is 0 Å². The summed E-state index contributed by atoms with van der Waals surface area (Å²) in [6, 6.07) is 15.2. The second kappa shape index (κ2) is 9.20. The molecule has 4 rings (SSSR count). The van der Waals surface area contributed by atoms with E-state index in [0.29, 0.717) is 16.6 Å². The number of aromatic nitrogens is 1. The number of carbonyl (C=O) groups is 1. The first kappa shape index (κ1) is 20.9. The molecule has 1 atom stereocenters. The van der Waals surface area contributed by atoms with E-state index in [9.17, 15) is 4.79 Å². The van der Waals surface area contributed by atoms with Gasteiger partial charge in [0, 0.05) is 22.4 Å². The lowest BCUT2D eigenvalue weighted by Gasteiger charge is -2.10. The summed E-state index contributed by atoms with van der Waals surface area (Å²) in [6.45, 7) is 2.10. The molecule has 1 unspecified atom stereocenters. The van der Waals surface area contributed by atoms with Crippen molar-refractivity contribution in [2.45, 2.75) is 13.0 Å². The summed E-state index contributed by atoms with van der Waals surface area (Å²) in [5.41, 5.74) is 2.39. The predicted octanol–water partition coefficient (Wildman–Crippen LogP) is 4.86. The molecule has 0 fully saturated rings. The Hall–Kier alpha value is -3.36. The fourth-order valence-corrected chi connectivity index (χ4v) is 3.92. The molecule has 31 heavy (non-hydrogen) atoms. The number of nitrogens with one attached hydrogen (secondary N) is 2. The number of thiazole rings is 1. The number of amides is 1. The maximum Gasteiger partial charge on any atom is 0.240 e. The lowest BCUT2D eigenvalue weighted by atomic mass is 10.1. The fourth-order valence-electron chi connectivity index (χ4n) is 3.19. The average molecular weight is 438 g/mol. The fraction of sp³-hybridized carbons (Fsp3) is 0.217. The van der Waals surface area contributed by atoms with Crippen LogP contribution >= 0.6 is 11.3 Å². The van der Waals surface area contributed by atoms with Gasteiger partial charge in [-0.2, -0.15) is 0 Å². The molecule has 0 bridgehead atoms. The van der Waals surface area contributed by atoms with Crippen molar-refractivity contribution in [3.8, 4) is 22.8 Å². The molecule has 0 aliphatic heterocycles. The number of benzene rings is 2. The predicted molar refractivity (Wildman–Crippen MR) is 122 cm³/mol. The first-order chi connectivity index (χ1) is 15.1. The van der Waals surface area contributed by atoms with E-state index in [-0.39, 0.29) is 18.5 Å². The van der Waals surface area contributed by atoms with E-state index < -0.39 is 0 Å². The molecule has 0 radical (unpaired) electrons. The normalized spacial score (nSPS) is 12.0. The number of ether oxygens (including phenoxy) is 2. The summed E-state index contributed by atoms with van der Waals surface area (Å²) >= 11 is 1.36. The van der Waals surface area contributed by atoms with Gasteiger partial charge in [-0.1, -0.05) is 18.2 Å². The Kier molecular flexibility index (Phi) is 6.20. The van der Waals surface area contributed by atoms with Gasteiger partial charge in [0.25, 0.3) is 0 Å². The largest absolute Gasteiger partial charge is 0.497 e. The Bertz CT molecular complexity index is 1170. The van der Waals surface area contributed by atoms with Crippen LogP contribution in [0.25, 0.3) is 22.2 Å². The average Bonchev–Trinajstić information content (AvgIpc) is 3.44. The molecule has 8 heteroatoms. The van der Waals surface area contributed by atoms with E-state index >= 15 is 0 Å². The molecule has 0 spiro atoms. The summed E-state index contributed by atoms with van der Waals surface area (Å²) in [5.74, 6) is 1.97. The molecular formula is C23H23N3O4S. The highest BCUT2D eigenvalue weighted by Gasteiger charge is 2.15. The van der Waals surface area contributed by atoms with E-state index in [1.165, 1.54) is 11.3 Å². The molecule has 4 aromatic rings. The highest BCUT2D eigenvalue weighted by molar-refractivity contribution is 7.14. The molecule has 2 N–H and O–H groups in total. The minimum absolute atomic E-state index is 0.103. The van der Waals surface area contributed by atoms with E-state index in [4.69, 9.17) is 13.9 Å². The summed E-state index contributed by atoms with van der Waals surface area (Å²) in [6.07, 6.45) is 0. The van der Waals surface area contributed by atoms with Crippen LogP contribution in [0, 0.1) is 0 Å². The Labute approximate surface area is 184 Å². The number of anilines is 1. The number of hydrogen-bond acceptors (Lipinski definition) is 7. The van der Waals surface area contributed by atoms with Crippen LogP contribution in [0.5, 0.6) is 11.5 Å². The van der Waals surface area contributed by atoms with Crippen molar-refractivity contribution in [2.24, 2.45) is 0 Å². The maximum absolute atomic E-state index is 12.4.